The van der Waals surface area contributed by atoms with Crippen molar-refractivity contribution in [3.8, 4) is 0 Å². The van der Waals surface area contributed by atoms with Gasteiger partial charge in [0.1, 0.15) is 0 Å². The number of ether oxygens (including phenoxy) is 1. The molecule has 0 aromatic heterocycles. The highest BCUT2D eigenvalue weighted by Crippen LogP contribution is 2.22. The van der Waals surface area contributed by atoms with Crippen LogP contribution in [0.1, 0.15) is 99.3 Å². The molecule has 0 N–H and O–H groups in total. The first kappa shape index (κ1) is 27.9. The van der Waals surface area contributed by atoms with Crippen LogP contribution >= 0.6 is 0 Å². The lowest BCUT2D eigenvalue weighted by molar-refractivity contribution is -0.0273. The highest BCUT2D eigenvalue weighted by Gasteiger charge is 2.19. The molecule has 0 radical (unpaired) electrons. The molecule has 0 aromatic rings. The van der Waals surface area contributed by atoms with Crippen LogP contribution in [0.15, 0.2) is 11.6 Å². The Balaban J connectivity index is 3.73. The van der Waals surface area contributed by atoms with Crippen LogP contribution in [0.25, 0.3) is 0 Å². The normalized spacial score (nSPS) is 14.8. The van der Waals surface area contributed by atoms with Crippen LogP contribution in [-0.2, 0) is 9.16 Å². The quantitative estimate of drug-likeness (QED) is 0.136. The maximum absolute atomic E-state index is 6.20. The van der Waals surface area contributed by atoms with Gasteiger partial charge in [-0.3, -0.25) is 0 Å². The fraction of sp³-hybridized carbons (Fsp3) is 0.920. The Kier molecular flexibility index (Phi) is 14.7. The summed E-state index contributed by atoms with van der Waals surface area (Å²) in [4.78, 5) is 0. The second-order valence-electron chi connectivity index (χ2n) is 10.8. The van der Waals surface area contributed by atoms with E-state index in [1.807, 2.05) is 0 Å². The molecule has 0 amide bonds. The van der Waals surface area contributed by atoms with Gasteiger partial charge in [-0.1, -0.05) is 51.2 Å². The maximum atomic E-state index is 6.20. The highest BCUT2D eigenvalue weighted by atomic mass is 28.4. The number of unbranched alkanes of at least 4 members (excludes halogenated alkanes) is 1. The van der Waals surface area contributed by atoms with E-state index in [1.54, 1.807) is 0 Å². The third kappa shape index (κ3) is 19.2. The molecule has 0 aliphatic rings. The molecule has 28 heavy (non-hydrogen) atoms. The van der Waals surface area contributed by atoms with E-state index in [1.165, 1.54) is 56.9 Å². The molecule has 0 saturated heterocycles. The second-order valence-corrected chi connectivity index (χ2v) is 15.3. The van der Waals surface area contributed by atoms with E-state index in [0.29, 0.717) is 0 Å². The van der Waals surface area contributed by atoms with Crippen molar-refractivity contribution in [2.24, 2.45) is 11.8 Å². The number of rotatable bonds is 17. The SMILES string of the molecule is CC(C)=CCCC(C)CCCCOC(C)(C)CCCC(C)CCO[Si](C)(C)C. The molecule has 0 spiro atoms. The fourth-order valence-electron chi connectivity index (χ4n) is 3.40. The molecule has 0 heterocycles. The molecule has 168 valence electrons. The summed E-state index contributed by atoms with van der Waals surface area (Å²) in [5.74, 6) is 1.58. The van der Waals surface area contributed by atoms with E-state index >= 15 is 0 Å². The third-order valence-corrected chi connectivity index (χ3v) is 6.49. The van der Waals surface area contributed by atoms with E-state index in [2.05, 4.69) is 67.3 Å². The van der Waals surface area contributed by atoms with Crippen molar-refractivity contribution < 1.29 is 9.16 Å². The smallest absolute Gasteiger partial charge is 0.183 e. The Morgan fingerprint density at radius 1 is 0.857 bits per heavy atom. The maximum Gasteiger partial charge on any atom is 0.183 e. The molecule has 0 aliphatic carbocycles. The summed E-state index contributed by atoms with van der Waals surface area (Å²) in [6.07, 6.45) is 13.6. The van der Waals surface area contributed by atoms with E-state index in [0.717, 1.165) is 31.5 Å². The average molecular weight is 413 g/mol. The van der Waals surface area contributed by atoms with Gasteiger partial charge in [-0.2, -0.15) is 0 Å². The van der Waals surface area contributed by atoms with Gasteiger partial charge < -0.3 is 9.16 Å². The Morgan fingerprint density at radius 3 is 2.07 bits per heavy atom. The van der Waals surface area contributed by atoms with Gasteiger partial charge in [0, 0.05) is 13.2 Å². The van der Waals surface area contributed by atoms with Gasteiger partial charge >= 0.3 is 0 Å². The molecule has 3 heteroatoms. The average Bonchev–Trinajstić information content (AvgIpc) is 2.52. The first-order valence-corrected chi connectivity index (χ1v) is 15.2. The monoisotopic (exact) mass is 412 g/mol. The summed E-state index contributed by atoms with van der Waals surface area (Å²) in [7, 11) is -1.35. The first-order chi connectivity index (χ1) is 12.9. The predicted molar refractivity (Wildman–Crippen MR) is 129 cm³/mol. The zero-order valence-electron chi connectivity index (χ0n) is 20.8. The summed E-state index contributed by atoms with van der Waals surface area (Å²) in [6, 6.07) is 0. The van der Waals surface area contributed by atoms with E-state index < -0.39 is 8.32 Å². The zero-order valence-corrected chi connectivity index (χ0v) is 21.8. The predicted octanol–water partition coefficient (Wildman–Crippen LogP) is 8.38. The summed E-state index contributed by atoms with van der Waals surface area (Å²) < 4.78 is 12.2. The Labute approximate surface area is 179 Å². The van der Waals surface area contributed by atoms with Gasteiger partial charge in [-0.15, -0.1) is 0 Å². The second kappa shape index (κ2) is 14.8. The van der Waals surface area contributed by atoms with E-state index in [4.69, 9.17) is 9.16 Å². The topological polar surface area (TPSA) is 18.5 Å². The minimum absolute atomic E-state index is 0.0175. The van der Waals surface area contributed by atoms with Crippen LogP contribution in [-0.4, -0.2) is 27.1 Å². The summed E-state index contributed by atoms with van der Waals surface area (Å²) >= 11 is 0. The van der Waals surface area contributed by atoms with Gasteiger partial charge in [-0.25, -0.2) is 0 Å². The molecule has 2 nitrogen and oxygen atoms in total. The molecule has 2 atom stereocenters. The van der Waals surface area contributed by atoms with Crippen molar-refractivity contribution in [3.63, 3.8) is 0 Å². The first-order valence-electron chi connectivity index (χ1n) is 11.8. The largest absolute Gasteiger partial charge is 0.418 e. The van der Waals surface area contributed by atoms with Crippen molar-refractivity contribution >= 4 is 8.32 Å². The van der Waals surface area contributed by atoms with Crippen LogP contribution in [0.2, 0.25) is 19.6 Å². The summed E-state index contributed by atoms with van der Waals surface area (Å²) in [5, 5.41) is 0. The number of hydrogen-bond donors (Lipinski definition) is 0. The van der Waals surface area contributed by atoms with Crippen molar-refractivity contribution in [1.82, 2.24) is 0 Å². The highest BCUT2D eigenvalue weighted by molar-refractivity contribution is 6.69. The lowest BCUT2D eigenvalue weighted by atomic mass is 9.95. The summed E-state index contributed by atoms with van der Waals surface area (Å²) in [5.41, 5.74) is 1.46. The Bertz CT molecular complexity index is 405. The molecule has 0 saturated carbocycles. The van der Waals surface area contributed by atoms with Crippen molar-refractivity contribution in [2.45, 2.75) is 125 Å². The molecular formula is C25H52O2Si. The molecule has 0 bridgehead atoms. The van der Waals surface area contributed by atoms with Gasteiger partial charge in [0.25, 0.3) is 0 Å². The van der Waals surface area contributed by atoms with Crippen LogP contribution in [0.5, 0.6) is 0 Å². The summed E-state index contributed by atoms with van der Waals surface area (Å²) in [6.45, 7) is 22.3. The molecule has 0 aliphatic heterocycles. The van der Waals surface area contributed by atoms with E-state index in [-0.39, 0.29) is 5.60 Å². The molecule has 0 fully saturated rings. The van der Waals surface area contributed by atoms with Crippen LogP contribution < -0.4 is 0 Å². The van der Waals surface area contributed by atoms with Gasteiger partial charge in [0.15, 0.2) is 8.32 Å². The van der Waals surface area contributed by atoms with Crippen LogP contribution in [0, 0.1) is 11.8 Å². The minimum Gasteiger partial charge on any atom is -0.418 e. The van der Waals surface area contributed by atoms with Gasteiger partial charge in [-0.05, 0) is 91.3 Å². The lowest BCUT2D eigenvalue weighted by Gasteiger charge is -2.26. The third-order valence-electron chi connectivity index (χ3n) is 5.42. The number of allylic oxidation sites excluding steroid dienone is 2. The molecule has 2 unspecified atom stereocenters. The van der Waals surface area contributed by atoms with Crippen molar-refractivity contribution in [1.29, 1.82) is 0 Å². The molecule has 0 aromatic carbocycles. The van der Waals surface area contributed by atoms with Crippen LogP contribution in [0.4, 0.5) is 0 Å². The fourth-order valence-corrected chi connectivity index (χ4v) is 4.13. The van der Waals surface area contributed by atoms with Crippen molar-refractivity contribution in [2.75, 3.05) is 13.2 Å². The molecule has 0 rings (SSSR count). The Hall–Kier alpha value is -0.123. The van der Waals surface area contributed by atoms with Crippen molar-refractivity contribution in [3.05, 3.63) is 11.6 Å². The Morgan fingerprint density at radius 2 is 1.46 bits per heavy atom. The number of hydrogen-bond acceptors (Lipinski definition) is 2. The minimum atomic E-state index is -1.35. The van der Waals surface area contributed by atoms with Gasteiger partial charge in [0.2, 0.25) is 0 Å². The van der Waals surface area contributed by atoms with E-state index in [9.17, 15) is 0 Å². The zero-order chi connectivity index (χ0) is 21.6. The van der Waals surface area contributed by atoms with Crippen LogP contribution in [0.3, 0.4) is 0 Å². The molecular weight excluding hydrogens is 360 g/mol. The lowest BCUT2D eigenvalue weighted by Crippen LogP contribution is -2.26. The van der Waals surface area contributed by atoms with Gasteiger partial charge in [0.05, 0.1) is 5.60 Å². The standard InChI is InChI=1S/C25H52O2Si/c1-22(2)14-12-16-23(3)15-10-11-20-26-25(5,6)19-13-17-24(4)18-21-27-28(7,8)9/h14,23-24H,10-13,15-21H2,1-9H3.